The number of hydrogen-bond donors (Lipinski definition) is 0. The molecule has 3 nitrogen and oxygen atoms in total. The smallest absolute Gasteiger partial charge is 0.263 e. The molecule has 2 rings (SSSR count). The quantitative estimate of drug-likeness (QED) is 0.848. The lowest BCUT2D eigenvalue weighted by atomic mass is 10.2. The highest BCUT2D eigenvalue weighted by Crippen LogP contribution is 2.26. The van der Waals surface area contributed by atoms with Crippen molar-refractivity contribution in [2.24, 2.45) is 0 Å². The summed E-state index contributed by atoms with van der Waals surface area (Å²) in [5.41, 5.74) is 1.07. The highest BCUT2D eigenvalue weighted by Gasteiger charge is 2.23. The third-order valence-corrected chi connectivity index (χ3v) is 3.97. The van der Waals surface area contributed by atoms with Gasteiger partial charge in [0.15, 0.2) is 6.10 Å². The lowest BCUT2D eigenvalue weighted by Gasteiger charge is -2.24. The number of ether oxygens (including phenoxy) is 1. The predicted octanol–water partition coefficient (Wildman–Crippen LogP) is 3.82. The van der Waals surface area contributed by atoms with E-state index in [0.717, 1.165) is 31.5 Å². The molecular weight excluding hydrogens is 274 g/mol. The molecule has 0 spiro atoms. The first kappa shape index (κ1) is 15.2. The molecule has 0 aliphatic carbocycles. The Balaban J connectivity index is 2.01. The van der Waals surface area contributed by atoms with Crippen molar-refractivity contribution in [2.45, 2.75) is 45.6 Å². The fourth-order valence-corrected chi connectivity index (χ4v) is 2.65. The number of rotatable bonds is 3. The van der Waals surface area contributed by atoms with Gasteiger partial charge in [0.1, 0.15) is 5.75 Å². The molecule has 110 valence electrons. The first-order valence-corrected chi connectivity index (χ1v) is 7.67. The first-order valence-electron chi connectivity index (χ1n) is 7.29. The maximum Gasteiger partial charge on any atom is 0.263 e. The molecule has 0 saturated carbocycles. The average Bonchev–Trinajstić information content (AvgIpc) is 2.71. The molecule has 0 bridgehead atoms. The molecule has 1 aromatic rings. The van der Waals surface area contributed by atoms with Crippen molar-refractivity contribution in [1.82, 2.24) is 4.90 Å². The summed E-state index contributed by atoms with van der Waals surface area (Å²) >= 11 is 6.11. The monoisotopic (exact) mass is 295 g/mol. The van der Waals surface area contributed by atoms with Crippen LogP contribution in [-0.2, 0) is 4.79 Å². The van der Waals surface area contributed by atoms with Crippen LogP contribution in [0.3, 0.4) is 0 Å². The van der Waals surface area contributed by atoms with Gasteiger partial charge in [-0.1, -0.05) is 30.5 Å². The lowest BCUT2D eigenvalue weighted by molar-refractivity contribution is -0.137. The Morgan fingerprint density at radius 1 is 1.25 bits per heavy atom. The van der Waals surface area contributed by atoms with Crippen LogP contribution in [-0.4, -0.2) is 30.0 Å². The van der Waals surface area contributed by atoms with Crippen molar-refractivity contribution in [3.05, 3.63) is 28.8 Å². The van der Waals surface area contributed by atoms with E-state index in [0.29, 0.717) is 10.8 Å². The molecule has 20 heavy (non-hydrogen) atoms. The molecule has 4 heteroatoms. The molecule has 1 aromatic carbocycles. The van der Waals surface area contributed by atoms with Crippen molar-refractivity contribution in [1.29, 1.82) is 0 Å². The second-order valence-electron chi connectivity index (χ2n) is 5.43. The summed E-state index contributed by atoms with van der Waals surface area (Å²) in [6.07, 6.45) is 4.10. The third kappa shape index (κ3) is 3.89. The number of benzene rings is 1. The van der Waals surface area contributed by atoms with E-state index in [-0.39, 0.29) is 5.91 Å². The van der Waals surface area contributed by atoms with Gasteiger partial charge in [0.25, 0.3) is 5.91 Å². The zero-order chi connectivity index (χ0) is 14.5. The minimum absolute atomic E-state index is 0.0597. The van der Waals surface area contributed by atoms with E-state index in [4.69, 9.17) is 16.3 Å². The second-order valence-corrected chi connectivity index (χ2v) is 5.84. The Morgan fingerprint density at radius 2 is 1.90 bits per heavy atom. The number of halogens is 1. The fourth-order valence-electron chi connectivity index (χ4n) is 2.49. The van der Waals surface area contributed by atoms with Crippen LogP contribution in [0.1, 0.15) is 38.2 Å². The highest BCUT2D eigenvalue weighted by molar-refractivity contribution is 6.32. The van der Waals surface area contributed by atoms with Gasteiger partial charge in [-0.05, 0) is 44.4 Å². The number of likely N-dealkylation sites (tertiary alicyclic amines) is 1. The minimum atomic E-state index is -0.493. The Morgan fingerprint density at radius 3 is 2.55 bits per heavy atom. The van der Waals surface area contributed by atoms with Gasteiger partial charge >= 0.3 is 0 Å². The second kappa shape index (κ2) is 6.98. The number of carbonyl (C=O) groups is 1. The molecule has 0 aromatic heterocycles. The molecule has 1 unspecified atom stereocenters. The summed E-state index contributed by atoms with van der Waals surface area (Å²) < 4.78 is 5.76. The van der Waals surface area contributed by atoms with Gasteiger partial charge in [0.05, 0.1) is 5.02 Å². The zero-order valence-electron chi connectivity index (χ0n) is 12.2. The Kier molecular flexibility index (Phi) is 5.30. The first-order chi connectivity index (χ1) is 9.58. The van der Waals surface area contributed by atoms with Gasteiger partial charge in [-0.3, -0.25) is 4.79 Å². The lowest BCUT2D eigenvalue weighted by Crippen LogP contribution is -2.41. The van der Waals surface area contributed by atoms with Crippen molar-refractivity contribution in [2.75, 3.05) is 13.1 Å². The number of carbonyl (C=O) groups excluding carboxylic acids is 1. The standard InChI is InChI=1S/C16H22ClNO2/c1-12-7-8-14(17)15(11-12)20-13(2)16(19)18-9-5-3-4-6-10-18/h7-8,11,13H,3-6,9-10H2,1-2H3. The maximum atomic E-state index is 12.4. The van der Waals surface area contributed by atoms with Gasteiger partial charge < -0.3 is 9.64 Å². The van der Waals surface area contributed by atoms with E-state index in [1.807, 2.05) is 24.0 Å². The summed E-state index contributed by atoms with van der Waals surface area (Å²) in [7, 11) is 0. The van der Waals surface area contributed by atoms with Crippen LogP contribution in [0.5, 0.6) is 5.75 Å². The van der Waals surface area contributed by atoms with Crippen LogP contribution < -0.4 is 4.74 Å². The molecule has 1 atom stereocenters. The topological polar surface area (TPSA) is 29.5 Å². The van der Waals surface area contributed by atoms with E-state index in [1.165, 1.54) is 12.8 Å². The van der Waals surface area contributed by atoms with E-state index >= 15 is 0 Å². The van der Waals surface area contributed by atoms with Crippen molar-refractivity contribution in [3.8, 4) is 5.75 Å². The molecular formula is C16H22ClNO2. The summed E-state index contributed by atoms with van der Waals surface area (Å²) in [5, 5.41) is 0.547. The van der Waals surface area contributed by atoms with Crippen LogP contribution in [0.2, 0.25) is 5.02 Å². The molecule has 1 amide bonds. The Bertz CT molecular complexity index is 468. The van der Waals surface area contributed by atoms with Crippen molar-refractivity contribution < 1.29 is 9.53 Å². The molecule has 1 heterocycles. The molecule has 0 N–H and O–H groups in total. The number of hydrogen-bond acceptors (Lipinski definition) is 2. The molecule has 1 fully saturated rings. The van der Waals surface area contributed by atoms with Crippen LogP contribution in [0, 0.1) is 6.92 Å². The van der Waals surface area contributed by atoms with Gasteiger partial charge in [0, 0.05) is 13.1 Å². The Hall–Kier alpha value is -1.22. The van der Waals surface area contributed by atoms with Gasteiger partial charge in [-0.2, -0.15) is 0 Å². The SMILES string of the molecule is Cc1ccc(Cl)c(OC(C)C(=O)N2CCCCCC2)c1. The van der Waals surface area contributed by atoms with Gasteiger partial charge in [0.2, 0.25) is 0 Å². The molecule has 1 aliphatic heterocycles. The van der Waals surface area contributed by atoms with Gasteiger partial charge in [-0.25, -0.2) is 0 Å². The predicted molar refractivity (Wildman–Crippen MR) is 81.3 cm³/mol. The van der Waals surface area contributed by atoms with Crippen molar-refractivity contribution in [3.63, 3.8) is 0 Å². The number of aryl methyl sites for hydroxylation is 1. The molecule has 0 radical (unpaired) electrons. The third-order valence-electron chi connectivity index (χ3n) is 3.66. The van der Waals surface area contributed by atoms with E-state index in [2.05, 4.69) is 0 Å². The largest absolute Gasteiger partial charge is 0.479 e. The summed E-state index contributed by atoms with van der Waals surface area (Å²) in [6.45, 7) is 5.46. The van der Waals surface area contributed by atoms with E-state index in [9.17, 15) is 4.79 Å². The molecule has 1 saturated heterocycles. The van der Waals surface area contributed by atoms with Gasteiger partial charge in [-0.15, -0.1) is 0 Å². The zero-order valence-corrected chi connectivity index (χ0v) is 12.9. The number of nitrogens with zero attached hydrogens (tertiary/aromatic N) is 1. The summed E-state index contributed by atoms with van der Waals surface area (Å²) in [4.78, 5) is 14.3. The van der Waals surface area contributed by atoms with E-state index in [1.54, 1.807) is 13.0 Å². The number of amides is 1. The maximum absolute atomic E-state index is 12.4. The average molecular weight is 296 g/mol. The van der Waals surface area contributed by atoms with Crippen LogP contribution in [0.15, 0.2) is 18.2 Å². The normalized spacial score (nSPS) is 17.4. The summed E-state index contributed by atoms with van der Waals surface area (Å²) in [5.74, 6) is 0.645. The van der Waals surface area contributed by atoms with Crippen LogP contribution >= 0.6 is 11.6 Å². The fraction of sp³-hybridized carbons (Fsp3) is 0.562. The van der Waals surface area contributed by atoms with Crippen molar-refractivity contribution >= 4 is 17.5 Å². The van der Waals surface area contributed by atoms with Crippen LogP contribution in [0.25, 0.3) is 0 Å². The highest BCUT2D eigenvalue weighted by atomic mass is 35.5. The van der Waals surface area contributed by atoms with Crippen LogP contribution in [0.4, 0.5) is 0 Å². The summed E-state index contributed by atoms with van der Waals surface area (Å²) in [6, 6.07) is 5.60. The Labute approximate surface area is 125 Å². The van der Waals surface area contributed by atoms with E-state index < -0.39 is 6.10 Å². The molecule has 1 aliphatic rings. The minimum Gasteiger partial charge on any atom is -0.479 e.